The number of carbonyl (C=O) groups excluding carboxylic acids is 2. The van der Waals surface area contributed by atoms with E-state index in [9.17, 15) is 19.8 Å². The first-order chi connectivity index (χ1) is 25.8. The fraction of sp³-hybridized carbons (Fsp3) is 0.156. The highest BCUT2D eigenvalue weighted by Gasteiger charge is 2.47. The predicted molar refractivity (Wildman–Crippen MR) is 204 cm³/mol. The van der Waals surface area contributed by atoms with Gasteiger partial charge in [-0.05, 0) is 79.2 Å². The molecule has 0 aliphatic heterocycles. The average Bonchev–Trinajstić information content (AvgIpc) is 3.52. The number of carbonyl (C=O) groups is 2. The predicted octanol–water partition coefficient (Wildman–Crippen LogP) is 7.29. The van der Waals surface area contributed by atoms with Crippen molar-refractivity contribution in [1.82, 2.24) is 0 Å². The van der Waals surface area contributed by atoms with Crippen LogP contribution in [0, 0.1) is 0 Å². The van der Waals surface area contributed by atoms with Crippen LogP contribution < -0.4 is 9.47 Å². The zero-order chi connectivity index (χ0) is 37.0. The normalized spacial score (nSPS) is 13.7. The fourth-order valence-electron chi connectivity index (χ4n) is 7.20. The summed E-state index contributed by atoms with van der Waals surface area (Å²) in [6.45, 7) is 6.20. The van der Waals surface area contributed by atoms with E-state index in [0.717, 1.165) is 56.0 Å². The Labute approximate surface area is 307 Å². The largest absolute Gasteiger partial charge is 0.491 e. The van der Waals surface area contributed by atoms with Crippen molar-refractivity contribution in [1.29, 1.82) is 0 Å². The van der Waals surface area contributed by atoms with E-state index >= 15 is 0 Å². The highest BCUT2D eigenvalue weighted by atomic mass is 16.6. The topological polar surface area (TPSA) is 112 Å². The van der Waals surface area contributed by atoms with E-state index in [4.69, 9.17) is 18.9 Å². The zero-order valence-corrected chi connectivity index (χ0v) is 28.9. The Hall–Kier alpha value is -6.22. The lowest BCUT2D eigenvalue weighted by Crippen LogP contribution is -2.29. The van der Waals surface area contributed by atoms with Gasteiger partial charge < -0.3 is 29.2 Å². The standard InChI is InChI=1S/C45H38O8/c1-3-41(48)52-27-33(46)25-50-35-19-15-31(16-20-35)45(32-17-21-36(22-18-32)51-26-34(47)28-53-42(49)4-2)39-23-13-29-9-5-7-11-37(29)43(39)44-38-12-8-6-10-30(38)14-24-40(44)45/h3-24,33-34,46-47H,1-2,25-28H2. The molecule has 0 fully saturated rings. The molecule has 6 aromatic carbocycles. The summed E-state index contributed by atoms with van der Waals surface area (Å²) in [5.41, 5.74) is 5.85. The number of hydrogen-bond acceptors (Lipinski definition) is 8. The summed E-state index contributed by atoms with van der Waals surface area (Å²) in [5, 5.41) is 25.3. The molecule has 6 aromatic rings. The van der Waals surface area contributed by atoms with E-state index in [0.29, 0.717) is 11.5 Å². The summed E-state index contributed by atoms with van der Waals surface area (Å²) in [5.74, 6) is -0.121. The van der Waals surface area contributed by atoms with Crippen LogP contribution >= 0.6 is 0 Å². The lowest BCUT2D eigenvalue weighted by atomic mass is 9.67. The first-order valence-electron chi connectivity index (χ1n) is 17.3. The lowest BCUT2D eigenvalue weighted by Gasteiger charge is -2.34. The fourth-order valence-corrected chi connectivity index (χ4v) is 7.20. The van der Waals surface area contributed by atoms with Gasteiger partial charge >= 0.3 is 11.9 Å². The molecule has 0 bridgehead atoms. The van der Waals surface area contributed by atoms with Gasteiger partial charge in [0.15, 0.2) is 0 Å². The number of rotatable bonds is 14. The zero-order valence-electron chi connectivity index (χ0n) is 28.9. The minimum Gasteiger partial charge on any atom is -0.491 e. The molecule has 1 aliphatic rings. The van der Waals surface area contributed by atoms with E-state index in [1.165, 1.54) is 11.1 Å². The number of ether oxygens (including phenoxy) is 4. The Kier molecular flexibility index (Phi) is 10.1. The highest BCUT2D eigenvalue weighted by Crippen LogP contribution is 2.59. The summed E-state index contributed by atoms with van der Waals surface area (Å²) in [7, 11) is 0. The number of fused-ring (bicyclic) bond motifs is 7. The Morgan fingerprint density at radius 1 is 0.547 bits per heavy atom. The van der Waals surface area contributed by atoms with Gasteiger partial charge in [-0.25, -0.2) is 9.59 Å². The van der Waals surface area contributed by atoms with Crippen molar-refractivity contribution in [3.05, 3.63) is 169 Å². The van der Waals surface area contributed by atoms with Crippen LogP contribution in [0.4, 0.5) is 0 Å². The van der Waals surface area contributed by atoms with Gasteiger partial charge in [-0.2, -0.15) is 0 Å². The first kappa shape index (κ1) is 35.2. The molecule has 2 N–H and O–H groups in total. The monoisotopic (exact) mass is 706 g/mol. The minimum absolute atomic E-state index is 0.0641. The van der Waals surface area contributed by atoms with Crippen LogP contribution in [0.5, 0.6) is 11.5 Å². The molecule has 53 heavy (non-hydrogen) atoms. The molecular formula is C45H38O8. The number of hydrogen-bond donors (Lipinski definition) is 2. The van der Waals surface area contributed by atoms with Crippen molar-refractivity contribution in [2.75, 3.05) is 26.4 Å². The molecule has 0 saturated heterocycles. The first-order valence-corrected chi connectivity index (χ1v) is 17.3. The van der Waals surface area contributed by atoms with Gasteiger partial charge in [-0.3, -0.25) is 0 Å². The Balaban J connectivity index is 1.32. The van der Waals surface area contributed by atoms with Crippen LogP contribution in [0.25, 0.3) is 32.7 Å². The van der Waals surface area contributed by atoms with Crippen molar-refractivity contribution in [3.63, 3.8) is 0 Å². The Morgan fingerprint density at radius 3 is 1.34 bits per heavy atom. The van der Waals surface area contributed by atoms with Crippen LogP contribution in [0.2, 0.25) is 0 Å². The third kappa shape index (κ3) is 6.78. The van der Waals surface area contributed by atoms with Gasteiger partial charge in [0, 0.05) is 12.2 Å². The quantitative estimate of drug-likeness (QED) is 0.0896. The number of aliphatic hydroxyl groups is 2. The van der Waals surface area contributed by atoms with E-state index in [2.05, 4.69) is 86.0 Å². The second-order valence-corrected chi connectivity index (χ2v) is 12.8. The third-order valence-electron chi connectivity index (χ3n) is 9.54. The summed E-state index contributed by atoms with van der Waals surface area (Å²) < 4.78 is 21.7. The average molecular weight is 707 g/mol. The molecule has 2 unspecified atom stereocenters. The van der Waals surface area contributed by atoms with Crippen molar-refractivity contribution >= 4 is 33.5 Å². The van der Waals surface area contributed by atoms with Crippen LogP contribution in [0.1, 0.15) is 22.3 Å². The van der Waals surface area contributed by atoms with Crippen LogP contribution in [-0.4, -0.2) is 60.8 Å². The third-order valence-corrected chi connectivity index (χ3v) is 9.54. The van der Waals surface area contributed by atoms with E-state index in [1.54, 1.807) is 0 Å². The number of aliphatic hydroxyl groups excluding tert-OH is 2. The van der Waals surface area contributed by atoms with Crippen molar-refractivity contribution in [2.45, 2.75) is 17.6 Å². The summed E-state index contributed by atoms with van der Waals surface area (Å²) in [4.78, 5) is 22.9. The lowest BCUT2D eigenvalue weighted by molar-refractivity contribution is -0.142. The summed E-state index contributed by atoms with van der Waals surface area (Å²) in [6.07, 6.45) is 0.0720. The molecule has 1 aliphatic carbocycles. The summed E-state index contributed by atoms with van der Waals surface area (Å²) in [6, 6.07) is 41.4. The molecule has 8 nitrogen and oxygen atoms in total. The van der Waals surface area contributed by atoms with Crippen LogP contribution in [0.15, 0.2) is 147 Å². The van der Waals surface area contributed by atoms with Crippen LogP contribution in [-0.2, 0) is 24.5 Å². The van der Waals surface area contributed by atoms with E-state index < -0.39 is 29.6 Å². The maximum absolute atomic E-state index is 11.4. The van der Waals surface area contributed by atoms with Crippen molar-refractivity contribution < 1.29 is 38.7 Å². The van der Waals surface area contributed by atoms with Gasteiger partial charge in [-0.15, -0.1) is 0 Å². The second kappa shape index (κ2) is 15.2. The Morgan fingerprint density at radius 2 is 0.943 bits per heavy atom. The molecular weight excluding hydrogens is 668 g/mol. The van der Waals surface area contributed by atoms with E-state index in [1.807, 2.05) is 48.5 Å². The maximum Gasteiger partial charge on any atom is 0.330 e. The molecule has 8 heteroatoms. The molecule has 2 atom stereocenters. The molecule has 0 heterocycles. The molecule has 0 saturated carbocycles. The van der Waals surface area contributed by atoms with Crippen LogP contribution in [0.3, 0.4) is 0 Å². The van der Waals surface area contributed by atoms with Gasteiger partial charge in [0.2, 0.25) is 0 Å². The molecule has 7 rings (SSSR count). The minimum atomic E-state index is -1.01. The second-order valence-electron chi connectivity index (χ2n) is 12.8. The smallest absolute Gasteiger partial charge is 0.330 e. The number of esters is 2. The maximum atomic E-state index is 11.4. The highest BCUT2D eigenvalue weighted by molar-refractivity contribution is 6.12. The van der Waals surface area contributed by atoms with Crippen molar-refractivity contribution in [3.8, 4) is 22.6 Å². The van der Waals surface area contributed by atoms with Gasteiger partial charge in [0.25, 0.3) is 0 Å². The Bertz CT molecular complexity index is 2140. The van der Waals surface area contributed by atoms with E-state index in [-0.39, 0.29) is 26.4 Å². The molecule has 0 aromatic heterocycles. The van der Waals surface area contributed by atoms with Crippen molar-refractivity contribution in [2.24, 2.45) is 0 Å². The SMILES string of the molecule is C=CC(=O)OCC(O)COc1ccc(C2(c3ccc(OCC(O)COC(=O)C=C)cc3)c3ccc4ccccc4c3-c3c2ccc2ccccc32)cc1. The summed E-state index contributed by atoms with van der Waals surface area (Å²) >= 11 is 0. The molecule has 0 spiro atoms. The van der Waals surface area contributed by atoms with Gasteiger partial charge in [-0.1, -0.05) is 110 Å². The molecule has 266 valence electrons. The number of benzene rings is 6. The van der Waals surface area contributed by atoms with Gasteiger partial charge in [0.1, 0.15) is 50.1 Å². The van der Waals surface area contributed by atoms with Gasteiger partial charge in [0.05, 0.1) is 5.41 Å². The molecule has 0 amide bonds. The molecule has 0 radical (unpaired) electrons.